The van der Waals surface area contributed by atoms with Crippen LogP contribution in [0, 0.1) is 0 Å². The lowest BCUT2D eigenvalue weighted by molar-refractivity contribution is -0.123. The molecule has 0 radical (unpaired) electrons. The molecule has 0 saturated heterocycles. The Morgan fingerprint density at radius 1 is 1.86 bits per heavy atom. The van der Waals surface area contributed by atoms with Crippen molar-refractivity contribution in [3.8, 4) is 0 Å². The van der Waals surface area contributed by atoms with Crippen molar-refractivity contribution in [1.29, 1.82) is 0 Å². The number of aliphatic hydroxyl groups excluding tert-OH is 1. The molecule has 4 heteroatoms. The van der Waals surface area contributed by atoms with Crippen molar-refractivity contribution < 1.29 is 9.90 Å². The zero-order chi connectivity index (χ0) is 5.70. The summed E-state index contributed by atoms with van der Waals surface area (Å²) in [7, 11) is 0. The molecule has 0 aromatic carbocycles. The highest BCUT2D eigenvalue weighted by atomic mass is 35.5. The van der Waals surface area contributed by atoms with Gasteiger partial charge in [-0.25, -0.2) is 0 Å². The Morgan fingerprint density at radius 3 is 2.57 bits per heavy atom. The number of aliphatic hydroxyl groups is 1. The quantitative estimate of drug-likeness (QED) is 0.377. The Balaban J connectivity index is 3.00. The molecule has 0 aromatic rings. The fourth-order valence-corrected chi connectivity index (χ4v) is 0.279. The van der Waals surface area contributed by atoms with Crippen molar-refractivity contribution in [2.75, 3.05) is 12.6 Å². The van der Waals surface area contributed by atoms with Crippen molar-refractivity contribution in [3.63, 3.8) is 0 Å². The molecule has 0 aliphatic carbocycles. The Morgan fingerprint density at radius 2 is 2.43 bits per heavy atom. The van der Waals surface area contributed by atoms with Crippen LogP contribution in [0.25, 0.3) is 0 Å². The van der Waals surface area contributed by atoms with Crippen LogP contribution in [-0.2, 0) is 4.79 Å². The summed E-state index contributed by atoms with van der Waals surface area (Å²) < 4.78 is 0. The topological polar surface area (TPSA) is 49.3 Å². The molecule has 0 aliphatic rings. The predicted octanol–water partition coefficient (Wildman–Crippen LogP) is -0.709. The van der Waals surface area contributed by atoms with Crippen LogP contribution in [0.2, 0.25) is 0 Å². The number of carbonyl (C=O) groups is 1. The maximum atomic E-state index is 9.97. The molecule has 0 rings (SSSR count). The third kappa shape index (κ3) is 3.55. The van der Waals surface area contributed by atoms with Gasteiger partial charge >= 0.3 is 0 Å². The summed E-state index contributed by atoms with van der Waals surface area (Å²) in [5.41, 5.74) is 0. The SMILES string of the molecule is O=C(CO)NCCl. The molecule has 0 aliphatic heterocycles. The predicted molar refractivity (Wildman–Crippen MR) is 25.9 cm³/mol. The first-order valence-corrected chi connectivity index (χ1v) is 2.28. The van der Waals surface area contributed by atoms with Crippen LogP contribution in [-0.4, -0.2) is 23.6 Å². The second-order valence-electron chi connectivity index (χ2n) is 0.892. The van der Waals surface area contributed by atoms with Crippen LogP contribution in [0.15, 0.2) is 0 Å². The second kappa shape index (κ2) is 3.89. The van der Waals surface area contributed by atoms with Crippen molar-refractivity contribution in [3.05, 3.63) is 0 Å². The van der Waals surface area contributed by atoms with E-state index in [2.05, 4.69) is 5.32 Å². The normalized spacial score (nSPS) is 8.29. The van der Waals surface area contributed by atoms with Gasteiger partial charge in [0.25, 0.3) is 0 Å². The highest BCUT2D eigenvalue weighted by Crippen LogP contribution is 1.65. The summed E-state index contributed by atoms with van der Waals surface area (Å²) in [6.45, 7) is -0.493. The van der Waals surface area contributed by atoms with E-state index >= 15 is 0 Å². The molecule has 0 unspecified atom stereocenters. The molecule has 1 amide bonds. The Kier molecular flexibility index (Phi) is 3.74. The molecule has 0 atom stereocenters. The van der Waals surface area contributed by atoms with Gasteiger partial charge < -0.3 is 10.4 Å². The number of rotatable bonds is 2. The number of hydrogen-bond donors (Lipinski definition) is 2. The highest BCUT2D eigenvalue weighted by molar-refractivity contribution is 6.18. The van der Waals surface area contributed by atoms with Crippen LogP contribution in [0.1, 0.15) is 0 Å². The van der Waals surface area contributed by atoms with Crippen LogP contribution >= 0.6 is 11.6 Å². The lowest BCUT2D eigenvalue weighted by Crippen LogP contribution is -2.24. The molecule has 3 nitrogen and oxygen atoms in total. The number of halogens is 1. The van der Waals surface area contributed by atoms with Crippen molar-refractivity contribution in [2.24, 2.45) is 0 Å². The van der Waals surface area contributed by atoms with E-state index < -0.39 is 12.5 Å². The van der Waals surface area contributed by atoms with Gasteiger partial charge in [0.05, 0.1) is 6.00 Å². The maximum absolute atomic E-state index is 9.97. The number of nitrogens with one attached hydrogen (secondary N) is 1. The lowest BCUT2D eigenvalue weighted by atomic mass is 10.7. The van der Waals surface area contributed by atoms with E-state index in [1.165, 1.54) is 0 Å². The summed E-state index contributed by atoms with van der Waals surface area (Å²) in [5, 5.41) is 10.2. The maximum Gasteiger partial charge on any atom is 0.246 e. The first kappa shape index (κ1) is 6.72. The fraction of sp³-hybridized carbons (Fsp3) is 0.667. The van der Waals surface area contributed by atoms with Gasteiger partial charge in [0.1, 0.15) is 6.61 Å². The number of alkyl halides is 1. The van der Waals surface area contributed by atoms with Gasteiger partial charge in [0.2, 0.25) is 5.91 Å². The van der Waals surface area contributed by atoms with Crippen molar-refractivity contribution >= 4 is 17.5 Å². The summed E-state index contributed by atoms with van der Waals surface area (Å²) >= 11 is 5.03. The summed E-state index contributed by atoms with van der Waals surface area (Å²) in [6, 6.07) is 0.0550. The fourth-order valence-electron chi connectivity index (χ4n) is 0.130. The number of amides is 1. The minimum Gasteiger partial charge on any atom is -0.387 e. The molecule has 0 saturated carbocycles. The summed E-state index contributed by atoms with van der Waals surface area (Å²) in [6.07, 6.45) is 0. The molecule has 0 heterocycles. The minimum absolute atomic E-state index is 0.0550. The Hall–Kier alpha value is -0.280. The van der Waals surface area contributed by atoms with Crippen LogP contribution in [0.3, 0.4) is 0 Å². The van der Waals surface area contributed by atoms with E-state index in [0.29, 0.717) is 0 Å². The first-order chi connectivity index (χ1) is 3.31. The average Bonchev–Trinajstić information content (AvgIpc) is 1.68. The molecular weight excluding hydrogens is 117 g/mol. The monoisotopic (exact) mass is 123 g/mol. The van der Waals surface area contributed by atoms with Gasteiger partial charge in [-0.1, -0.05) is 0 Å². The van der Waals surface area contributed by atoms with E-state index in [1.807, 2.05) is 0 Å². The molecule has 42 valence electrons. The third-order valence-electron chi connectivity index (χ3n) is 0.408. The Bertz CT molecular complexity index is 66.0. The van der Waals surface area contributed by atoms with Gasteiger partial charge in [-0.15, -0.1) is 11.6 Å². The molecule has 0 fully saturated rings. The Labute approximate surface area is 46.3 Å². The first-order valence-electron chi connectivity index (χ1n) is 1.74. The zero-order valence-corrected chi connectivity index (χ0v) is 4.40. The van der Waals surface area contributed by atoms with Crippen molar-refractivity contribution in [1.82, 2.24) is 5.32 Å². The molecule has 0 aromatic heterocycles. The number of carbonyl (C=O) groups excluding carboxylic acids is 1. The largest absolute Gasteiger partial charge is 0.387 e. The van der Waals surface area contributed by atoms with E-state index in [4.69, 9.17) is 16.7 Å². The molecule has 0 bridgehead atoms. The van der Waals surface area contributed by atoms with Gasteiger partial charge in [-0.05, 0) is 0 Å². The smallest absolute Gasteiger partial charge is 0.246 e. The second-order valence-corrected chi connectivity index (χ2v) is 1.16. The zero-order valence-electron chi connectivity index (χ0n) is 3.65. The van der Waals surface area contributed by atoms with Crippen LogP contribution in [0.5, 0.6) is 0 Å². The van der Waals surface area contributed by atoms with Crippen LogP contribution < -0.4 is 5.32 Å². The van der Waals surface area contributed by atoms with Gasteiger partial charge in [-0.3, -0.25) is 4.79 Å². The highest BCUT2D eigenvalue weighted by Gasteiger charge is 1.90. The van der Waals surface area contributed by atoms with Gasteiger partial charge in [0.15, 0.2) is 0 Å². The van der Waals surface area contributed by atoms with E-state index in [-0.39, 0.29) is 6.00 Å². The van der Waals surface area contributed by atoms with Gasteiger partial charge in [-0.2, -0.15) is 0 Å². The number of hydrogen-bond acceptors (Lipinski definition) is 2. The van der Waals surface area contributed by atoms with Crippen LogP contribution in [0.4, 0.5) is 0 Å². The van der Waals surface area contributed by atoms with Gasteiger partial charge in [0, 0.05) is 0 Å². The van der Waals surface area contributed by atoms with E-state index in [0.717, 1.165) is 0 Å². The summed E-state index contributed by atoms with van der Waals surface area (Å²) in [4.78, 5) is 9.97. The standard InChI is InChI=1S/C3H6ClNO2/c4-2-5-3(7)1-6/h6H,1-2H2,(H,5,7). The lowest BCUT2D eigenvalue weighted by Gasteiger charge is -1.91. The summed E-state index contributed by atoms with van der Waals surface area (Å²) in [5.74, 6) is -0.449. The minimum atomic E-state index is -0.493. The molecule has 7 heavy (non-hydrogen) atoms. The van der Waals surface area contributed by atoms with E-state index in [9.17, 15) is 4.79 Å². The molecule has 0 spiro atoms. The van der Waals surface area contributed by atoms with E-state index in [1.54, 1.807) is 0 Å². The molecule has 2 N–H and O–H groups in total. The third-order valence-corrected chi connectivity index (χ3v) is 0.541. The average molecular weight is 124 g/mol. The van der Waals surface area contributed by atoms with Crippen molar-refractivity contribution in [2.45, 2.75) is 0 Å². The molecular formula is C3H6ClNO2.